The van der Waals surface area contributed by atoms with Gasteiger partial charge in [-0.25, -0.2) is 8.42 Å². The molecule has 1 aliphatic rings. The van der Waals surface area contributed by atoms with Crippen molar-refractivity contribution in [2.75, 3.05) is 19.5 Å². The first kappa shape index (κ1) is 15.0. The van der Waals surface area contributed by atoms with Gasteiger partial charge in [0.1, 0.15) is 0 Å². The molecule has 0 radical (unpaired) electrons. The van der Waals surface area contributed by atoms with Crippen molar-refractivity contribution in [2.45, 2.75) is 23.6 Å². The molecule has 0 amide bonds. The average molecular weight is 348 g/mol. The Bertz CT molecular complexity index is 558. The van der Waals surface area contributed by atoms with Crippen LogP contribution in [-0.4, -0.2) is 38.7 Å². The standard InChI is InChI=1S/C13H18BrNO3S/c1-3-18-8-13(15)11(12(13)19(2,16)17)9-4-6-10(14)7-5-9/h4-7,11-12H,3,8,15H2,1-2H3. The summed E-state index contributed by atoms with van der Waals surface area (Å²) in [5, 5.41) is -0.562. The maximum atomic E-state index is 11.9. The van der Waals surface area contributed by atoms with Crippen molar-refractivity contribution in [3.05, 3.63) is 34.3 Å². The van der Waals surface area contributed by atoms with Crippen molar-refractivity contribution < 1.29 is 13.2 Å². The molecule has 3 unspecified atom stereocenters. The van der Waals surface area contributed by atoms with Crippen LogP contribution in [0.15, 0.2) is 28.7 Å². The summed E-state index contributed by atoms with van der Waals surface area (Å²) in [6, 6.07) is 7.61. The zero-order chi connectivity index (χ0) is 14.3. The fraction of sp³-hybridized carbons (Fsp3) is 0.538. The van der Waals surface area contributed by atoms with Gasteiger partial charge in [0.05, 0.1) is 17.4 Å². The number of ether oxygens (including phenoxy) is 1. The minimum absolute atomic E-state index is 0.192. The summed E-state index contributed by atoms with van der Waals surface area (Å²) >= 11 is 3.37. The van der Waals surface area contributed by atoms with Crippen LogP contribution in [0.1, 0.15) is 18.4 Å². The summed E-state index contributed by atoms with van der Waals surface area (Å²) < 4.78 is 30.1. The number of rotatable bonds is 5. The molecule has 1 fully saturated rings. The third-order valence-electron chi connectivity index (χ3n) is 3.55. The van der Waals surface area contributed by atoms with Crippen molar-refractivity contribution in [3.63, 3.8) is 0 Å². The first-order valence-electron chi connectivity index (χ1n) is 6.11. The highest BCUT2D eigenvalue weighted by Crippen LogP contribution is 2.54. The number of sulfone groups is 1. The maximum Gasteiger partial charge on any atom is 0.152 e. The van der Waals surface area contributed by atoms with Gasteiger partial charge in [-0.05, 0) is 24.6 Å². The number of benzene rings is 1. The number of hydrogen-bond donors (Lipinski definition) is 1. The highest BCUT2D eigenvalue weighted by molar-refractivity contribution is 9.10. The molecule has 0 bridgehead atoms. The average Bonchev–Trinajstić information content (AvgIpc) is 2.95. The van der Waals surface area contributed by atoms with Crippen LogP contribution in [0.5, 0.6) is 0 Å². The predicted octanol–water partition coefficient (Wildman–Crippen LogP) is 1.69. The molecule has 1 aliphatic carbocycles. The molecule has 106 valence electrons. The van der Waals surface area contributed by atoms with Crippen molar-refractivity contribution >= 4 is 25.8 Å². The Hall–Kier alpha value is -0.430. The summed E-state index contributed by atoms with van der Waals surface area (Å²) in [6.45, 7) is 2.67. The van der Waals surface area contributed by atoms with Crippen molar-refractivity contribution in [1.82, 2.24) is 0 Å². The minimum Gasteiger partial charge on any atom is -0.380 e. The Morgan fingerprint density at radius 1 is 1.37 bits per heavy atom. The van der Waals surface area contributed by atoms with E-state index in [4.69, 9.17) is 10.5 Å². The lowest BCUT2D eigenvalue weighted by Gasteiger charge is -2.11. The zero-order valence-electron chi connectivity index (χ0n) is 11.0. The van der Waals surface area contributed by atoms with Crippen LogP contribution in [0.25, 0.3) is 0 Å². The monoisotopic (exact) mass is 347 g/mol. The summed E-state index contributed by atoms with van der Waals surface area (Å²) in [5.41, 5.74) is 6.40. The van der Waals surface area contributed by atoms with E-state index < -0.39 is 20.6 Å². The highest BCUT2D eigenvalue weighted by Gasteiger charge is 2.67. The Morgan fingerprint density at radius 2 is 1.95 bits per heavy atom. The van der Waals surface area contributed by atoms with E-state index in [2.05, 4.69) is 15.9 Å². The number of hydrogen-bond acceptors (Lipinski definition) is 4. The van der Waals surface area contributed by atoms with Crippen LogP contribution in [0, 0.1) is 0 Å². The molecule has 2 N–H and O–H groups in total. The Kier molecular flexibility index (Phi) is 4.07. The predicted molar refractivity (Wildman–Crippen MR) is 78.9 cm³/mol. The van der Waals surface area contributed by atoms with Gasteiger partial charge in [0, 0.05) is 23.3 Å². The molecule has 0 heterocycles. The molecule has 1 aromatic carbocycles. The van der Waals surface area contributed by atoms with Gasteiger partial charge in [0.2, 0.25) is 0 Å². The molecule has 4 nitrogen and oxygen atoms in total. The first-order valence-corrected chi connectivity index (χ1v) is 8.86. The highest BCUT2D eigenvalue weighted by atomic mass is 79.9. The molecular formula is C13H18BrNO3S. The Morgan fingerprint density at radius 3 is 2.42 bits per heavy atom. The molecule has 19 heavy (non-hydrogen) atoms. The van der Waals surface area contributed by atoms with Crippen LogP contribution in [0.4, 0.5) is 0 Å². The lowest BCUT2D eigenvalue weighted by molar-refractivity contribution is 0.125. The van der Waals surface area contributed by atoms with E-state index in [-0.39, 0.29) is 12.5 Å². The minimum atomic E-state index is -3.19. The summed E-state index contributed by atoms with van der Waals surface area (Å²) in [4.78, 5) is 0. The SMILES string of the molecule is CCOCC1(N)C(c2ccc(Br)cc2)C1S(C)(=O)=O. The van der Waals surface area contributed by atoms with Gasteiger partial charge in [-0.15, -0.1) is 0 Å². The van der Waals surface area contributed by atoms with Gasteiger partial charge in [0.25, 0.3) is 0 Å². The van der Waals surface area contributed by atoms with E-state index in [9.17, 15) is 8.42 Å². The van der Waals surface area contributed by atoms with Crippen molar-refractivity contribution in [2.24, 2.45) is 5.73 Å². The van der Waals surface area contributed by atoms with E-state index in [0.29, 0.717) is 6.61 Å². The second-order valence-electron chi connectivity index (χ2n) is 5.03. The zero-order valence-corrected chi connectivity index (χ0v) is 13.4. The second kappa shape index (κ2) is 5.16. The van der Waals surface area contributed by atoms with Crippen LogP contribution < -0.4 is 5.73 Å². The third kappa shape index (κ3) is 2.86. The van der Waals surface area contributed by atoms with Gasteiger partial charge < -0.3 is 10.5 Å². The lowest BCUT2D eigenvalue weighted by atomic mass is 10.1. The third-order valence-corrected chi connectivity index (χ3v) is 5.71. The lowest BCUT2D eigenvalue weighted by Crippen LogP contribution is -2.36. The molecular weight excluding hydrogens is 330 g/mol. The fourth-order valence-corrected chi connectivity index (χ4v) is 4.78. The molecule has 0 aromatic heterocycles. The van der Waals surface area contributed by atoms with Gasteiger partial charge in [0.15, 0.2) is 9.84 Å². The molecule has 1 aromatic rings. The molecule has 0 saturated heterocycles. The molecule has 0 aliphatic heterocycles. The van der Waals surface area contributed by atoms with E-state index in [1.165, 1.54) is 6.26 Å². The van der Waals surface area contributed by atoms with Gasteiger partial charge in [-0.2, -0.15) is 0 Å². The molecule has 6 heteroatoms. The van der Waals surface area contributed by atoms with Gasteiger partial charge in [-0.3, -0.25) is 0 Å². The van der Waals surface area contributed by atoms with Crippen LogP contribution in [0.3, 0.4) is 0 Å². The summed E-state index contributed by atoms with van der Waals surface area (Å²) in [6.07, 6.45) is 1.24. The van der Waals surface area contributed by atoms with Gasteiger partial charge in [-0.1, -0.05) is 28.1 Å². The molecule has 1 saturated carbocycles. The summed E-state index contributed by atoms with van der Waals surface area (Å²) in [7, 11) is -3.19. The van der Waals surface area contributed by atoms with Crippen molar-refractivity contribution in [1.29, 1.82) is 0 Å². The smallest absolute Gasteiger partial charge is 0.152 e. The normalized spacial score (nSPS) is 30.3. The molecule has 3 atom stereocenters. The van der Waals surface area contributed by atoms with E-state index in [0.717, 1.165) is 10.0 Å². The van der Waals surface area contributed by atoms with Crippen LogP contribution in [0.2, 0.25) is 0 Å². The van der Waals surface area contributed by atoms with E-state index in [1.807, 2.05) is 31.2 Å². The van der Waals surface area contributed by atoms with Crippen molar-refractivity contribution in [3.8, 4) is 0 Å². The number of nitrogens with two attached hydrogens (primary N) is 1. The summed E-state index contributed by atoms with van der Waals surface area (Å²) in [5.74, 6) is -0.192. The van der Waals surface area contributed by atoms with E-state index >= 15 is 0 Å². The first-order chi connectivity index (χ1) is 8.80. The van der Waals surface area contributed by atoms with Gasteiger partial charge >= 0.3 is 0 Å². The quantitative estimate of drug-likeness (QED) is 0.879. The Labute approximate surface area is 122 Å². The maximum absolute atomic E-state index is 11.9. The molecule has 2 rings (SSSR count). The largest absolute Gasteiger partial charge is 0.380 e. The topological polar surface area (TPSA) is 69.4 Å². The fourth-order valence-electron chi connectivity index (χ4n) is 2.67. The van der Waals surface area contributed by atoms with E-state index in [1.54, 1.807) is 0 Å². The number of halogens is 1. The molecule has 0 spiro atoms. The van der Waals surface area contributed by atoms with Crippen LogP contribution >= 0.6 is 15.9 Å². The second-order valence-corrected chi connectivity index (χ2v) is 8.11. The van der Waals surface area contributed by atoms with Crippen LogP contribution in [-0.2, 0) is 14.6 Å². The Balaban J connectivity index is 2.30.